The lowest BCUT2D eigenvalue weighted by molar-refractivity contribution is -0.127. The Morgan fingerprint density at radius 3 is 2.28 bits per heavy atom. The number of aryl methyl sites for hydroxylation is 1. The molecule has 3 heteroatoms. The van der Waals surface area contributed by atoms with Gasteiger partial charge in [-0.25, -0.2) is 0 Å². The Hall–Kier alpha value is -2.29. The monoisotopic (exact) mass is 339 g/mol. The SMILES string of the molecule is CC(Oc1ccc(C(C)C)cc1)C(=O)NCCCCc1ccccc1. The van der Waals surface area contributed by atoms with Crippen molar-refractivity contribution in [3.8, 4) is 5.75 Å². The van der Waals surface area contributed by atoms with Gasteiger partial charge in [0.25, 0.3) is 5.91 Å². The lowest BCUT2D eigenvalue weighted by atomic mass is 10.0. The highest BCUT2D eigenvalue weighted by atomic mass is 16.5. The minimum atomic E-state index is -0.487. The highest BCUT2D eigenvalue weighted by Gasteiger charge is 2.14. The predicted octanol–water partition coefficient (Wildman–Crippen LogP) is 4.72. The summed E-state index contributed by atoms with van der Waals surface area (Å²) in [6.45, 7) is 6.79. The van der Waals surface area contributed by atoms with E-state index < -0.39 is 6.10 Å². The van der Waals surface area contributed by atoms with Gasteiger partial charge in [-0.2, -0.15) is 0 Å². The third-order valence-electron chi connectivity index (χ3n) is 4.26. The van der Waals surface area contributed by atoms with Gasteiger partial charge in [-0.3, -0.25) is 4.79 Å². The molecular formula is C22H29NO2. The number of carbonyl (C=O) groups is 1. The normalized spacial score (nSPS) is 12.0. The van der Waals surface area contributed by atoms with E-state index in [9.17, 15) is 4.79 Å². The van der Waals surface area contributed by atoms with E-state index in [-0.39, 0.29) is 5.91 Å². The van der Waals surface area contributed by atoms with Gasteiger partial charge >= 0.3 is 0 Å². The van der Waals surface area contributed by atoms with E-state index >= 15 is 0 Å². The van der Waals surface area contributed by atoms with Gasteiger partial charge in [0.1, 0.15) is 5.75 Å². The molecule has 0 spiro atoms. The molecule has 0 saturated carbocycles. The summed E-state index contributed by atoms with van der Waals surface area (Å²) in [5, 5.41) is 2.95. The molecular weight excluding hydrogens is 310 g/mol. The first-order valence-corrected chi connectivity index (χ1v) is 9.14. The quantitative estimate of drug-likeness (QED) is 0.672. The summed E-state index contributed by atoms with van der Waals surface area (Å²) in [7, 11) is 0. The third-order valence-corrected chi connectivity index (χ3v) is 4.26. The zero-order valence-corrected chi connectivity index (χ0v) is 15.5. The largest absolute Gasteiger partial charge is 0.481 e. The number of carbonyl (C=O) groups excluding carboxylic acids is 1. The minimum Gasteiger partial charge on any atom is -0.481 e. The number of rotatable bonds is 9. The van der Waals surface area contributed by atoms with E-state index in [2.05, 4.69) is 43.4 Å². The molecule has 0 aliphatic carbocycles. The Balaban J connectivity index is 1.66. The summed E-state index contributed by atoms with van der Waals surface area (Å²) in [5.74, 6) is 1.16. The molecule has 3 nitrogen and oxygen atoms in total. The fraction of sp³-hybridized carbons (Fsp3) is 0.409. The minimum absolute atomic E-state index is 0.0624. The van der Waals surface area contributed by atoms with Gasteiger partial charge in [0.15, 0.2) is 6.10 Å². The molecule has 1 N–H and O–H groups in total. The molecule has 1 amide bonds. The van der Waals surface area contributed by atoms with Crippen LogP contribution in [0.1, 0.15) is 50.7 Å². The van der Waals surface area contributed by atoms with Crippen molar-refractivity contribution >= 4 is 5.91 Å². The summed E-state index contributed by atoms with van der Waals surface area (Å²) in [4.78, 5) is 12.1. The summed E-state index contributed by atoms with van der Waals surface area (Å²) in [5.41, 5.74) is 2.61. The summed E-state index contributed by atoms with van der Waals surface area (Å²) in [6.07, 6.45) is 2.59. The molecule has 0 aromatic heterocycles. The average molecular weight is 339 g/mol. The Bertz CT molecular complexity index is 635. The van der Waals surface area contributed by atoms with Crippen LogP contribution >= 0.6 is 0 Å². The molecule has 0 saturated heterocycles. The highest BCUT2D eigenvalue weighted by molar-refractivity contribution is 5.80. The van der Waals surface area contributed by atoms with Gasteiger partial charge in [-0.05, 0) is 55.4 Å². The van der Waals surface area contributed by atoms with E-state index in [1.807, 2.05) is 30.3 Å². The smallest absolute Gasteiger partial charge is 0.260 e. The summed E-state index contributed by atoms with van der Waals surface area (Å²) < 4.78 is 5.73. The second-order valence-corrected chi connectivity index (χ2v) is 6.72. The maximum absolute atomic E-state index is 12.1. The number of nitrogens with one attached hydrogen (secondary N) is 1. The molecule has 2 aromatic rings. The fourth-order valence-corrected chi connectivity index (χ4v) is 2.64. The van der Waals surface area contributed by atoms with Crippen LogP contribution < -0.4 is 10.1 Å². The molecule has 25 heavy (non-hydrogen) atoms. The van der Waals surface area contributed by atoms with Gasteiger partial charge in [-0.1, -0.05) is 56.3 Å². The summed E-state index contributed by atoms with van der Waals surface area (Å²) in [6, 6.07) is 18.4. The van der Waals surface area contributed by atoms with Crippen LogP contribution in [-0.2, 0) is 11.2 Å². The topological polar surface area (TPSA) is 38.3 Å². The molecule has 0 heterocycles. The number of benzene rings is 2. The fourth-order valence-electron chi connectivity index (χ4n) is 2.64. The third kappa shape index (κ3) is 6.61. The maximum Gasteiger partial charge on any atom is 0.260 e. The molecule has 0 aliphatic heterocycles. The van der Waals surface area contributed by atoms with E-state index in [1.54, 1.807) is 6.92 Å². The maximum atomic E-state index is 12.1. The van der Waals surface area contributed by atoms with Gasteiger partial charge in [0, 0.05) is 6.54 Å². The standard InChI is InChI=1S/C22H29NO2/c1-17(2)20-12-14-21(15-13-20)25-18(3)22(24)23-16-8-7-11-19-9-5-4-6-10-19/h4-6,9-10,12-15,17-18H,7-8,11,16H2,1-3H3,(H,23,24). The molecule has 0 aliphatic rings. The zero-order chi connectivity index (χ0) is 18.1. The molecule has 2 aromatic carbocycles. The van der Waals surface area contributed by atoms with Crippen LogP contribution in [0, 0.1) is 0 Å². The van der Waals surface area contributed by atoms with Crippen LogP contribution in [0.3, 0.4) is 0 Å². The van der Waals surface area contributed by atoms with Crippen molar-refractivity contribution in [3.63, 3.8) is 0 Å². The van der Waals surface area contributed by atoms with Crippen LogP contribution in [0.25, 0.3) is 0 Å². The van der Waals surface area contributed by atoms with E-state index in [0.29, 0.717) is 12.5 Å². The van der Waals surface area contributed by atoms with E-state index in [1.165, 1.54) is 11.1 Å². The molecule has 0 bridgehead atoms. The number of unbranched alkanes of at least 4 members (excludes halogenated alkanes) is 1. The molecule has 1 atom stereocenters. The van der Waals surface area contributed by atoms with Crippen LogP contribution in [0.15, 0.2) is 54.6 Å². The first kappa shape index (κ1) is 19.0. The zero-order valence-electron chi connectivity index (χ0n) is 15.5. The molecule has 1 unspecified atom stereocenters. The van der Waals surface area contributed by atoms with Gasteiger partial charge in [-0.15, -0.1) is 0 Å². The van der Waals surface area contributed by atoms with Crippen LogP contribution in [0.5, 0.6) is 5.75 Å². The van der Waals surface area contributed by atoms with E-state index in [4.69, 9.17) is 4.74 Å². The number of hydrogen-bond donors (Lipinski definition) is 1. The van der Waals surface area contributed by atoms with Crippen molar-refractivity contribution in [2.24, 2.45) is 0 Å². The average Bonchev–Trinajstić information content (AvgIpc) is 2.62. The lowest BCUT2D eigenvalue weighted by Gasteiger charge is -2.15. The second kappa shape index (κ2) is 9.87. The van der Waals surface area contributed by atoms with Crippen LogP contribution in [0.4, 0.5) is 0 Å². The van der Waals surface area contributed by atoms with Gasteiger partial charge in [0.05, 0.1) is 0 Å². The van der Waals surface area contributed by atoms with Crippen molar-refractivity contribution in [2.75, 3.05) is 6.54 Å². The Morgan fingerprint density at radius 2 is 1.64 bits per heavy atom. The Morgan fingerprint density at radius 1 is 0.960 bits per heavy atom. The predicted molar refractivity (Wildman–Crippen MR) is 103 cm³/mol. The molecule has 0 fully saturated rings. The lowest BCUT2D eigenvalue weighted by Crippen LogP contribution is -2.36. The van der Waals surface area contributed by atoms with Crippen molar-refractivity contribution in [1.82, 2.24) is 5.32 Å². The van der Waals surface area contributed by atoms with Gasteiger partial charge < -0.3 is 10.1 Å². The molecule has 134 valence electrons. The molecule has 0 radical (unpaired) electrons. The number of amides is 1. The highest BCUT2D eigenvalue weighted by Crippen LogP contribution is 2.19. The van der Waals surface area contributed by atoms with Crippen LogP contribution in [0.2, 0.25) is 0 Å². The van der Waals surface area contributed by atoms with Crippen molar-refractivity contribution in [1.29, 1.82) is 0 Å². The molecule has 2 rings (SSSR count). The first-order valence-electron chi connectivity index (χ1n) is 9.14. The Labute approximate surface area is 151 Å². The second-order valence-electron chi connectivity index (χ2n) is 6.72. The number of hydrogen-bond acceptors (Lipinski definition) is 2. The number of ether oxygens (including phenoxy) is 1. The summed E-state index contributed by atoms with van der Waals surface area (Å²) >= 11 is 0. The first-order chi connectivity index (χ1) is 12.1. The van der Waals surface area contributed by atoms with Crippen molar-refractivity contribution in [2.45, 2.75) is 52.1 Å². The van der Waals surface area contributed by atoms with Crippen molar-refractivity contribution < 1.29 is 9.53 Å². The Kier molecular flexibility index (Phi) is 7.52. The van der Waals surface area contributed by atoms with Crippen molar-refractivity contribution in [3.05, 3.63) is 65.7 Å². The van der Waals surface area contributed by atoms with Crippen LogP contribution in [-0.4, -0.2) is 18.6 Å². The van der Waals surface area contributed by atoms with E-state index in [0.717, 1.165) is 25.0 Å². The van der Waals surface area contributed by atoms with Gasteiger partial charge in [0.2, 0.25) is 0 Å².